The topological polar surface area (TPSA) is 54.4 Å². The van der Waals surface area contributed by atoms with E-state index in [0.717, 1.165) is 17.7 Å². The molecule has 0 saturated heterocycles. The van der Waals surface area contributed by atoms with Crippen LogP contribution in [-0.4, -0.2) is 16.6 Å². The van der Waals surface area contributed by atoms with Gasteiger partial charge in [-0.1, -0.05) is 67.9 Å². The van der Waals surface area contributed by atoms with E-state index in [9.17, 15) is 4.79 Å². The maximum Gasteiger partial charge on any atom is 0.272 e. The molecule has 0 bridgehead atoms. The monoisotopic (exact) mass is 379 g/mol. The molecule has 4 nitrogen and oxygen atoms in total. The van der Waals surface area contributed by atoms with E-state index in [4.69, 9.17) is 11.6 Å². The van der Waals surface area contributed by atoms with E-state index in [1.165, 1.54) is 0 Å². The molecule has 1 amide bonds. The summed E-state index contributed by atoms with van der Waals surface area (Å²) in [5.74, 6) is 0.209. The molecule has 0 aliphatic heterocycles. The molecule has 3 aromatic rings. The SMILES string of the molecule is C/C(CC(C)C)=N\NC(=O)c1cc(-c2ccccc2)nc2c(Cl)cccc12. The van der Waals surface area contributed by atoms with Crippen LogP contribution in [0.3, 0.4) is 0 Å². The zero-order chi connectivity index (χ0) is 19.4. The number of amides is 1. The normalized spacial score (nSPS) is 11.8. The highest BCUT2D eigenvalue weighted by Gasteiger charge is 2.15. The van der Waals surface area contributed by atoms with E-state index in [-0.39, 0.29) is 5.91 Å². The molecular weight excluding hydrogens is 358 g/mol. The number of hydrogen-bond donors (Lipinski definition) is 1. The van der Waals surface area contributed by atoms with Crippen molar-refractivity contribution in [1.29, 1.82) is 0 Å². The van der Waals surface area contributed by atoms with Gasteiger partial charge in [0, 0.05) is 16.7 Å². The predicted octanol–water partition coefficient (Wildman–Crippen LogP) is 5.71. The minimum Gasteiger partial charge on any atom is -0.267 e. The van der Waals surface area contributed by atoms with Gasteiger partial charge in [0.05, 0.1) is 21.8 Å². The first-order valence-corrected chi connectivity index (χ1v) is 9.31. The van der Waals surface area contributed by atoms with E-state index in [1.807, 2.05) is 49.4 Å². The van der Waals surface area contributed by atoms with Gasteiger partial charge in [-0.2, -0.15) is 5.10 Å². The maximum atomic E-state index is 12.9. The van der Waals surface area contributed by atoms with Crippen LogP contribution in [0.4, 0.5) is 0 Å². The third-order valence-electron chi connectivity index (χ3n) is 4.16. The smallest absolute Gasteiger partial charge is 0.267 e. The van der Waals surface area contributed by atoms with Crippen LogP contribution in [-0.2, 0) is 0 Å². The molecule has 1 aromatic heterocycles. The number of nitrogens with zero attached hydrogens (tertiary/aromatic N) is 2. The second kappa shape index (κ2) is 8.31. The molecular formula is C22H22ClN3O. The van der Waals surface area contributed by atoms with Crippen molar-refractivity contribution in [3.63, 3.8) is 0 Å². The van der Waals surface area contributed by atoms with Crippen molar-refractivity contribution in [1.82, 2.24) is 10.4 Å². The van der Waals surface area contributed by atoms with Crippen LogP contribution in [0.15, 0.2) is 59.7 Å². The molecule has 0 spiro atoms. The molecule has 1 N–H and O–H groups in total. The number of fused-ring (bicyclic) bond motifs is 1. The van der Waals surface area contributed by atoms with Gasteiger partial charge in [-0.05, 0) is 31.4 Å². The molecule has 0 radical (unpaired) electrons. The molecule has 0 atom stereocenters. The Hall–Kier alpha value is -2.72. The Balaban J connectivity index is 2.05. The highest BCUT2D eigenvalue weighted by atomic mass is 35.5. The quantitative estimate of drug-likeness (QED) is 0.456. The number of rotatable bonds is 5. The molecule has 5 heteroatoms. The van der Waals surface area contributed by atoms with E-state index in [0.29, 0.717) is 33.1 Å². The van der Waals surface area contributed by atoms with Crippen molar-refractivity contribution in [2.24, 2.45) is 11.0 Å². The van der Waals surface area contributed by atoms with Crippen molar-refractivity contribution < 1.29 is 4.79 Å². The summed E-state index contributed by atoms with van der Waals surface area (Å²) < 4.78 is 0. The number of carbonyl (C=O) groups is 1. The summed E-state index contributed by atoms with van der Waals surface area (Å²) in [4.78, 5) is 17.5. The Bertz CT molecular complexity index is 997. The highest BCUT2D eigenvalue weighted by molar-refractivity contribution is 6.35. The second-order valence-electron chi connectivity index (χ2n) is 6.94. The lowest BCUT2D eigenvalue weighted by molar-refractivity contribution is 0.0956. The summed E-state index contributed by atoms with van der Waals surface area (Å²) in [5, 5.41) is 5.45. The highest BCUT2D eigenvalue weighted by Crippen LogP contribution is 2.29. The zero-order valence-electron chi connectivity index (χ0n) is 15.7. The minimum atomic E-state index is -0.273. The summed E-state index contributed by atoms with van der Waals surface area (Å²) >= 11 is 6.36. The molecule has 138 valence electrons. The van der Waals surface area contributed by atoms with Gasteiger partial charge in [-0.25, -0.2) is 10.4 Å². The lowest BCUT2D eigenvalue weighted by Crippen LogP contribution is -2.20. The lowest BCUT2D eigenvalue weighted by Gasteiger charge is -2.10. The van der Waals surface area contributed by atoms with Gasteiger partial charge in [0.25, 0.3) is 5.91 Å². The molecule has 0 fully saturated rings. The number of hydrazone groups is 1. The fraction of sp³-hybridized carbons (Fsp3) is 0.227. The Morgan fingerprint density at radius 2 is 1.89 bits per heavy atom. The van der Waals surface area contributed by atoms with E-state index >= 15 is 0 Å². The van der Waals surface area contributed by atoms with Crippen LogP contribution < -0.4 is 5.43 Å². The van der Waals surface area contributed by atoms with Crippen molar-refractivity contribution in [3.05, 3.63) is 65.2 Å². The number of benzene rings is 2. The fourth-order valence-corrected chi connectivity index (χ4v) is 3.22. The van der Waals surface area contributed by atoms with Crippen molar-refractivity contribution >= 4 is 34.1 Å². The predicted molar refractivity (Wildman–Crippen MR) is 112 cm³/mol. The first-order valence-electron chi connectivity index (χ1n) is 8.94. The fourth-order valence-electron chi connectivity index (χ4n) is 3.00. The molecule has 0 saturated carbocycles. The average Bonchev–Trinajstić information content (AvgIpc) is 2.66. The number of hydrogen-bond acceptors (Lipinski definition) is 3. The molecule has 0 aliphatic rings. The summed E-state index contributed by atoms with van der Waals surface area (Å²) in [6, 6.07) is 17.0. The number of halogens is 1. The van der Waals surface area contributed by atoms with Gasteiger partial charge < -0.3 is 0 Å². The first-order chi connectivity index (χ1) is 13.0. The number of nitrogens with one attached hydrogen (secondary N) is 1. The van der Waals surface area contributed by atoms with E-state index in [2.05, 4.69) is 29.4 Å². The van der Waals surface area contributed by atoms with Crippen LogP contribution in [0.25, 0.3) is 22.2 Å². The number of aromatic nitrogens is 1. The van der Waals surface area contributed by atoms with Crippen LogP contribution in [0, 0.1) is 5.92 Å². The van der Waals surface area contributed by atoms with Crippen molar-refractivity contribution in [2.45, 2.75) is 27.2 Å². The summed E-state index contributed by atoms with van der Waals surface area (Å²) in [5.41, 5.74) is 6.29. The first kappa shape index (κ1) is 19.1. The van der Waals surface area contributed by atoms with Crippen LogP contribution in [0.5, 0.6) is 0 Å². The Morgan fingerprint density at radius 1 is 1.15 bits per heavy atom. The van der Waals surface area contributed by atoms with Gasteiger partial charge in [0.2, 0.25) is 0 Å². The molecule has 27 heavy (non-hydrogen) atoms. The number of carbonyl (C=O) groups excluding carboxylic acids is 1. The van der Waals surface area contributed by atoms with E-state index in [1.54, 1.807) is 12.1 Å². The van der Waals surface area contributed by atoms with Gasteiger partial charge in [0.1, 0.15) is 0 Å². The largest absolute Gasteiger partial charge is 0.272 e. The molecule has 1 heterocycles. The number of para-hydroxylation sites is 1. The minimum absolute atomic E-state index is 0.273. The summed E-state index contributed by atoms with van der Waals surface area (Å²) in [6.45, 7) is 6.15. The van der Waals surface area contributed by atoms with Gasteiger partial charge in [-0.15, -0.1) is 0 Å². The standard InChI is InChI=1S/C22H22ClN3O/c1-14(2)12-15(3)25-26-22(27)18-13-20(16-8-5-4-6-9-16)24-21-17(18)10-7-11-19(21)23/h4-11,13-14H,12H2,1-3H3,(H,26,27)/b25-15+. The molecule has 2 aromatic carbocycles. The average molecular weight is 380 g/mol. The second-order valence-corrected chi connectivity index (χ2v) is 7.35. The van der Waals surface area contributed by atoms with E-state index < -0.39 is 0 Å². The molecule has 0 aliphatic carbocycles. The third-order valence-corrected chi connectivity index (χ3v) is 4.46. The number of pyridine rings is 1. The zero-order valence-corrected chi connectivity index (χ0v) is 16.4. The van der Waals surface area contributed by atoms with Crippen LogP contribution in [0.1, 0.15) is 37.6 Å². The van der Waals surface area contributed by atoms with Crippen LogP contribution in [0.2, 0.25) is 5.02 Å². The lowest BCUT2D eigenvalue weighted by atomic mass is 10.0. The summed E-state index contributed by atoms with van der Waals surface area (Å²) in [7, 11) is 0. The molecule has 3 rings (SSSR count). The van der Waals surface area contributed by atoms with Crippen molar-refractivity contribution in [2.75, 3.05) is 0 Å². The van der Waals surface area contributed by atoms with Gasteiger partial charge >= 0.3 is 0 Å². The van der Waals surface area contributed by atoms with Crippen LogP contribution >= 0.6 is 11.6 Å². The van der Waals surface area contributed by atoms with Gasteiger partial charge in [-0.3, -0.25) is 4.79 Å². The Labute approximate surface area is 164 Å². The van der Waals surface area contributed by atoms with Gasteiger partial charge in [0.15, 0.2) is 0 Å². The molecule has 0 unspecified atom stereocenters. The maximum absolute atomic E-state index is 12.9. The third kappa shape index (κ3) is 4.52. The van der Waals surface area contributed by atoms with Crippen molar-refractivity contribution in [3.8, 4) is 11.3 Å². The summed E-state index contributed by atoms with van der Waals surface area (Å²) in [6.07, 6.45) is 0.832. The Kier molecular flexibility index (Phi) is 5.87. The Morgan fingerprint density at radius 3 is 2.59 bits per heavy atom.